The number of hydrogen-bond donors (Lipinski definition) is 1. The minimum absolute atomic E-state index is 0.666. The Morgan fingerprint density at radius 1 is 1.58 bits per heavy atom. The molecule has 0 aromatic heterocycles. The van der Waals surface area contributed by atoms with Gasteiger partial charge in [0.05, 0.1) is 6.61 Å². The smallest absolute Gasteiger partial charge is 0.0593 e. The van der Waals surface area contributed by atoms with E-state index in [1.54, 1.807) is 0 Å². The van der Waals surface area contributed by atoms with Crippen LogP contribution in [-0.2, 0) is 4.74 Å². The number of ether oxygens (including phenoxy) is 1. The van der Waals surface area contributed by atoms with Crippen LogP contribution in [0.3, 0.4) is 0 Å². The highest BCUT2D eigenvalue weighted by Crippen LogP contribution is 2.00. The molecule has 0 bridgehead atoms. The molecule has 72 valence electrons. The Hall–Kier alpha value is -0.120. The molecule has 0 aromatic carbocycles. The minimum Gasteiger partial charge on any atom is -0.380 e. The number of rotatable bonds is 4. The van der Waals surface area contributed by atoms with Crippen molar-refractivity contribution in [1.82, 2.24) is 10.2 Å². The van der Waals surface area contributed by atoms with E-state index in [9.17, 15) is 0 Å². The summed E-state index contributed by atoms with van der Waals surface area (Å²) < 4.78 is 5.32. The quantitative estimate of drug-likeness (QED) is 0.618. The molecule has 1 heterocycles. The zero-order valence-electron chi connectivity index (χ0n) is 8.18. The molecule has 0 radical (unpaired) electrons. The SMILES string of the molecule is CCOCCN1CCNC[C@H]1C. The fraction of sp³-hybridized carbons (Fsp3) is 1.00. The Labute approximate surface area is 75.1 Å². The van der Waals surface area contributed by atoms with Gasteiger partial charge in [0, 0.05) is 38.8 Å². The number of nitrogens with zero attached hydrogens (tertiary/aromatic N) is 1. The van der Waals surface area contributed by atoms with Crippen molar-refractivity contribution in [1.29, 1.82) is 0 Å². The van der Waals surface area contributed by atoms with Gasteiger partial charge in [-0.25, -0.2) is 0 Å². The third kappa shape index (κ3) is 3.09. The third-order valence-corrected chi connectivity index (χ3v) is 2.37. The molecule has 0 aromatic rings. The van der Waals surface area contributed by atoms with Gasteiger partial charge in [0.2, 0.25) is 0 Å². The Morgan fingerprint density at radius 2 is 2.42 bits per heavy atom. The van der Waals surface area contributed by atoms with Gasteiger partial charge in [-0.05, 0) is 13.8 Å². The highest BCUT2D eigenvalue weighted by molar-refractivity contribution is 4.75. The van der Waals surface area contributed by atoms with Crippen LogP contribution in [-0.4, -0.2) is 50.3 Å². The largest absolute Gasteiger partial charge is 0.380 e. The van der Waals surface area contributed by atoms with Crippen LogP contribution < -0.4 is 5.32 Å². The summed E-state index contributed by atoms with van der Waals surface area (Å²) in [5, 5.41) is 3.37. The van der Waals surface area contributed by atoms with Crippen molar-refractivity contribution in [3.8, 4) is 0 Å². The maximum Gasteiger partial charge on any atom is 0.0593 e. The summed E-state index contributed by atoms with van der Waals surface area (Å²) in [6, 6.07) is 0.666. The summed E-state index contributed by atoms with van der Waals surface area (Å²) in [5.74, 6) is 0. The van der Waals surface area contributed by atoms with Gasteiger partial charge in [-0.3, -0.25) is 4.90 Å². The summed E-state index contributed by atoms with van der Waals surface area (Å²) in [5.41, 5.74) is 0. The van der Waals surface area contributed by atoms with Gasteiger partial charge < -0.3 is 10.1 Å². The maximum absolute atomic E-state index is 5.32. The number of piperazine rings is 1. The lowest BCUT2D eigenvalue weighted by Gasteiger charge is -2.33. The van der Waals surface area contributed by atoms with Gasteiger partial charge in [-0.15, -0.1) is 0 Å². The standard InChI is InChI=1S/C9H20N2O/c1-3-12-7-6-11-5-4-10-8-9(11)2/h9-10H,3-8H2,1-2H3/t9-/m1/s1. The molecule has 1 atom stereocenters. The van der Waals surface area contributed by atoms with Gasteiger partial charge >= 0.3 is 0 Å². The first kappa shape index (κ1) is 9.96. The van der Waals surface area contributed by atoms with Crippen LogP contribution in [0.25, 0.3) is 0 Å². The zero-order valence-corrected chi connectivity index (χ0v) is 8.18. The monoisotopic (exact) mass is 172 g/mol. The van der Waals surface area contributed by atoms with Gasteiger partial charge in [-0.1, -0.05) is 0 Å². The van der Waals surface area contributed by atoms with Crippen LogP contribution in [0.2, 0.25) is 0 Å². The Morgan fingerprint density at radius 3 is 3.08 bits per heavy atom. The topological polar surface area (TPSA) is 24.5 Å². The molecule has 0 unspecified atom stereocenters. The van der Waals surface area contributed by atoms with E-state index < -0.39 is 0 Å². The molecular weight excluding hydrogens is 152 g/mol. The molecule has 1 aliphatic rings. The van der Waals surface area contributed by atoms with Crippen molar-refractivity contribution in [2.75, 3.05) is 39.4 Å². The number of nitrogens with one attached hydrogen (secondary N) is 1. The molecule has 0 spiro atoms. The first-order valence-corrected chi connectivity index (χ1v) is 4.87. The predicted molar refractivity (Wildman–Crippen MR) is 50.4 cm³/mol. The van der Waals surface area contributed by atoms with Crippen molar-refractivity contribution in [2.45, 2.75) is 19.9 Å². The molecule has 1 rings (SSSR count). The average Bonchev–Trinajstić information content (AvgIpc) is 2.09. The van der Waals surface area contributed by atoms with Crippen molar-refractivity contribution >= 4 is 0 Å². The second-order valence-electron chi connectivity index (χ2n) is 3.29. The summed E-state index contributed by atoms with van der Waals surface area (Å²) in [4.78, 5) is 2.48. The third-order valence-electron chi connectivity index (χ3n) is 2.37. The highest BCUT2D eigenvalue weighted by Gasteiger charge is 2.16. The molecule has 0 saturated carbocycles. The van der Waals surface area contributed by atoms with Crippen molar-refractivity contribution in [3.05, 3.63) is 0 Å². The van der Waals surface area contributed by atoms with Gasteiger partial charge in [-0.2, -0.15) is 0 Å². The highest BCUT2D eigenvalue weighted by atomic mass is 16.5. The van der Waals surface area contributed by atoms with Gasteiger partial charge in [0.15, 0.2) is 0 Å². The van der Waals surface area contributed by atoms with Crippen LogP contribution in [0.4, 0.5) is 0 Å². The van der Waals surface area contributed by atoms with Crippen LogP contribution in [0.15, 0.2) is 0 Å². The molecule has 1 N–H and O–H groups in total. The van der Waals surface area contributed by atoms with E-state index in [0.717, 1.165) is 39.4 Å². The Bertz CT molecular complexity index is 119. The summed E-state index contributed by atoms with van der Waals surface area (Å²) >= 11 is 0. The number of hydrogen-bond acceptors (Lipinski definition) is 3. The summed E-state index contributed by atoms with van der Waals surface area (Å²) in [6.45, 7) is 10.5. The van der Waals surface area contributed by atoms with E-state index in [-0.39, 0.29) is 0 Å². The molecule has 3 heteroatoms. The van der Waals surface area contributed by atoms with Crippen LogP contribution in [0, 0.1) is 0 Å². The van der Waals surface area contributed by atoms with Crippen LogP contribution in [0.1, 0.15) is 13.8 Å². The van der Waals surface area contributed by atoms with E-state index in [1.165, 1.54) is 0 Å². The lowest BCUT2D eigenvalue weighted by molar-refractivity contribution is 0.0879. The molecule has 0 amide bonds. The Balaban J connectivity index is 2.11. The van der Waals surface area contributed by atoms with Crippen molar-refractivity contribution in [3.63, 3.8) is 0 Å². The Kier molecular flexibility index (Phi) is 4.58. The first-order chi connectivity index (χ1) is 5.84. The van der Waals surface area contributed by atoms with Gasteiger partial charge in [0.1, 0.15) is 0 Å². The second kappa shape index (κ2) is 5.51. The first-order valence-electron chi connectivity index (χ1n) is 4.87. The maximum atomic E-state index is 5.32. The van der Waals surface area contributed by atoms with E-state index in [1.807, 2.05) is 6.92 Å². The molecule has 3 nitrogen and oxygen atoms in total. The lowest BCUT2D eigenvalue weighted by Crippen LogP contribution is -2.50. The molecule has 1 saturated heterocycles. The van der Waals surface area contributed by atoms with Gasteiger partial charge in [0.25, 0.3) is 0 Å². The summed E-state index contributed by atoms with van der Waals surface area (Å²) in [6.07, 6.45) is 0. The van der Waals surface area contributed by atoms with Crippen molar-refractivity contribution in [2.24, 2.45) is 0 Å². The predicted octanol–water partition coefficient (Wildman–Crippen LogP) is 0.317. The summed E-state index contributed by atoms with van der Waals surface area (Å²) in [7, 11) is 0. The van der Waals surface area contributed by atoms with E-state index in [4.69, 9.17) is 4.74 Å². The fourth-order valence-electron chi connectivity index (χ4n) is 1.54. The minimum atomic E-state index is 0.666. The zero-order chi connectivity index (χ0) is 8.81. The van der Waals surface area contributed by atoms with E-state index in [0.29, 0.717) is 6.04 Å². The van der Waals surface area contributed by atoms with E-state index >= 15 is 0 Å². The van der Waals surface area contributed by atoms with Crippen LogP contribution in [0.5, 0.6) is 0 Å². The fourth-order valence-corrected chi connectivity index (χ4v) is 1.54. The second-order valence-corrected chi connectivity index (χ2v) is 3.29. The molecule has 1 aliphatic heterocycles. The van der Waals surface area contributed by atoms with E-state index in [2.05, 4.69) is 17.1 Å². The molecule has 12 heavy (non-hydrogen) atoms. The average molecular weight is 172 g/mol. The van der Waals surface area contributed by atoms with Crippen molar-refractivity contribution < 1.29 is 4.74 Å². The lowest BCUT2D eigenvalue weighted by atomic mass is 10.2. The molecule has 1 fully saturated rings. The molecular formula is C9H20N2O. The molecule has 0 aliphatic carbocycles. The van der Waals surface area contributed by atoms with Crippen LogP contribution >= 0.6 is 0 Å². The normalized spacial score (nSPS) is 26.0.